The molecule has 1 heterocycles. The summed E-state index contributed by atoms with van der Waals surface area (Å²) in [5, 5.41) is 16.2. The third-order valence-electron chi connectivity index (χ3n) is 5.29. The van der Waals surface area contributed by atoms with E-state index in [9.17, 15) is 9.90 Å². The number of carbonyl (C=O) groups is 1. The number of rotatable bonds is 5. The molecule has 0 aromatic carbocycles. The van der Waals surface area contributed by atoms with Crippen LogP contribution < -0.4 is 10.6 Å². The van der Waals surface area contributed by atoms with Crippen LogP contribution in [0.3, 0.4) is 0 Å². The predicted octanol–water partition coefficient (Wildman–Crippen LogP) is 1.47. The van der Waals surface area contributed by atoms with Crippen LogP contribution in [0, 0.1) is 5.92 Å². The maximum atomic E-state index is 11.9. The van der Waals surface area contributed by atoms with Crippen molar-refractivity contribution in [2.75, 3.05) is 26.2 Å². The first kappa shape index (κ1) is 15.1. The standard InChI is InChI=1S/C16H29N3O2/c20-15(18-12-16(21)7-2-1-3-8-16)17-10-13-6-9-19(11-13)14-4-5-14/h13-14,21H,1-12H2,(H2,17,18,20). The molecule has 0 aromatic heterocycles. The Morgan fingerprint density at radius 2 is 1.90 bits per heavy atom. The molecule has 0 spiro atoms. The van der Waals surface area contributed by atoms with Crippen molar-refractivity contribution < 1.29 is 9.90 Å². The van der Waals surface area contributed by atoms with Gasteiger partial charge in [-0.2, -0.15) is 0 Å². The highest BCUT2D eigenvalue weighted by Gasteiger charge is 2.34. The zero-order chi connectivity index (χ0) is 14.7. The molecule has 3 aliphatic rings. The maximum Gasteiger partial charge on any atom is 0.314 e. The first-order valence-electron chi connectivity index (χ1n) is 8.63. The van der Waals surface area contributed by atoms with E-state index in [1.807, 2.05) is 0 Å². The summed E-state index contributed by atoms with van der Waals surface area (Å²) >= 11 is 0. The maximum absolute atomic E-state index is 11.9. The van der Waals surface area contributed by atoms with Crippen molar-refractivity contribution in [2.24, 2.45) is 5.92 Å². The normalized spacial score (nSPS) is 29.3. The van der Waals surface area contributed by atoms with Gasteiger partial charge in [0, 0.05) is 25.7 Å². The number of urea groups is 1. The third kappa shape index (κ3) is 4.33. The zero-order valence-corrected chi connectivity index (χ0v) is 12.9. The smallest absolute Gasteiger partial charge is 0.314 e. The molecule has 1 aliphatic heterocycles. The van der Waals surface area contributed by atoms with Gasteiger partial charge in [-0.15, -0.1) is 0 Å². The summed E-state index contributed by atoms with van der Waals surface area (Å²) in [6.07, 6.45) is 8.88. The molecule has 21 heavy (non-hydrogen) atoms. The Balaban J connectivity index is 1.31. The molecule has 0 bridgehead atoms. The molecule has 1 atom stereocenters. The van der Waals surface area contributed by atoms with Crippen LogP contribution in [0.25, 0.3) is 0 Å². The van der Waals surface area contributed by atoms with Gasteiger partial charge in [0.2, 0.25) is 0 Å². The van der Waals surface area contributed by atoms with E-state index in [1.165, 1.54) is 32.2 Å². The molecule has 0 radical (unpaired) electrons. The Kier molecular flexibility index (Phi) is 4.69. The molecule has 5 heteroatoms. The second-order valence-electron chi connectivity index (χ2n) is 7.23. The van der Waals surface area contributed by atoms with Crippen molar-refractivity contribution in [1.29, 1.82) is 0 Å². The van der Waals surface area contributed by atoms with Crippen molar-refractivity contribution in [3.63, 3.8) is 0 Å². The number of likely N-dealkylation sites (tertiary alicyclic amines) is 1. The van der Waals surface area contributed by atoms with Crippen molar-refractivity contribution in [1.82, 2.24) is 15.5 Å². The lowest BCUT2D eigenvalue weighted by Gasteiger charge is -2.32. The summed E-state index contributed by atoms with van der Waals surface area (Å²) < 4.78 is 0. The van der Waals surface area contributed by atoms with Crippen molar-refractivity contribution in [2.45, 2.75) is 63.0 Å². The van der Waals surface area contributed by atoms with E-state index in [4.69, 9.17) is 0 Å². The topological polar surface area (TPSA) is 64.6 Å². The number of carbonyl (C=O) groups excluding carboxylic acids is 1. The number of hydrogen-bond donors (Lipinski definition) is 3. The van der Waals surface area contributed by atoms with Gasteiger partial charge in [0.1, 0.15) is 0 Å². The van der Waals surface area contributed by atoms with E-state index in [2.05, 4.69) is 15.5 Å². The van der Waals surface area contributed by atoms with Crippen LogP contribution in [0.15, 0.2) is 0 Å². The fourth-order valence-corrected chi connectivity index (χ4v) is 3.73. The predicted molar refractivity (Wildman–Crippen MR) is 82.1 cm³/mol. The third-order valence-corrected chi connectivity index (χ3v) is 5.29. The van der Waals surface area contributed by atoms with E-state index in [0.29, 0.717) is 12.5 Å². The van der Waals surface area contributed by atoms with Crippen LogP contribution in [-0.4, -0.2) is 53.9 Å². The quantitative estimate of drug-likeness (QED) is 0.719. The fraction of sp³-hybridized carbons (Fsp3) is 0.938. The molecular weight excluding hydrogens is 266 g/mol. The van der Waals surface area contributed by atoms with Gasteiger partial charge in [-0.25, -0.2) is 4.79 Å². The first-order valence-corrected chi connectivity index (χ1v) is 8.63. The summed E-state index contributed by atoms with van der Waals surface area (Å²) in [5.41, 5.74) is -0.675. The summed E-state index contributed by atoms with van der Waals surface area (Å²) in [4.78, 5) is 14.4. The van der Waals surface area contributed by atoms with E-state index >= 15 is 0 Å². The van der Waals surface area contributed by atoms with Gasteiger partial charge in [-0.05, 0) is 44.6 Å². The Labute approximate surface area is 127 Å². The molecule has 2 amide bonds. The zero-order valence-electron chi connectivity index (χ0n) is 12.9. The van der Waals surface area contributed by atoms with Gasteiger partial charge in [0.25, 0.3) is 0 Å². The molecule has 3 N–H and O–H groups in total. The summed E-state index contributed by atoms with van der Waals surface area (Å²) in [5.74, 6) is 0.592. The van der Waals surface area contributed by atoms with Crippen LogP contribution >= 0.6 is 0 Å². The molecule has 1 unspecified atom stereocenters. The van der Waals surface area contributed by atoms with Crippen molar-refractivity contribution in [3.8, 4) is 0 Å². The van der Waals surface area contributed by atoms with Gasteiger partial charge in [0.15, 0.2) is 0 Å². The molecule has 3 rings (SSSR count). The molecule has 120 valence electrons. The van der Waals surface area contributed by atoms with Crippen LogP contribution in [0.2, 0.25) is 0 Å². The lowest BCUT2D eigenvalue weighted by molar-refractivity contribution is 0.00718. The van der Waals surface area contributed by atoms with Crippen molar-refractivity contribution >= 4 is 6.03 Å². The Hall–Kier alpha value is -0.810. The highest BCUT2D eigenvalue weighted by Crippen LogP contribution is 2.31. The number of hydrogen-bond acceptors (Lipinski definition) is 3. The second-order valence-corrected chi connectivity index (χ2v) is 7.23. The molecule has 2 saturated carbocycles. The molecule has 2 aliphatic carbocycles. The second kappa shape index (κ2) is 6.53. The molecule has 0 aromatic rings. The fourth-order valence-electron chi connectivity index (χ4n) is 3.73. The average molecular weight is 295 g/mol. The minimum Gasteiger partial charge on any atom is -0.388 e. The first-order chi connectivity index (χ1) is 10.1. The minimum atomic E-state index is -0.675. The van der Waals surface area contributed by atoms with Crippen LogP contribution in [0.5, 0.6) is 0 Å². The number of nitrogens with zero attached hydrogens (tertiary/aromatic N) is 1. The van der Waals surface area contributed by atoms with Gasteiger partial charge in [-0.1, -0.05) is 19.3 Å². The van der Waals surface area contributed by atoms with Gasteiger partial charge >= 0.3 is 6.03 Å². The van der Waals surface area contributed by atoms with E-state index in [1.54, 1.807) is 0 Å². The Morgan fingerprint density at radius 3 is 2.62 bits per heavy atom. The highest BCUT2D eigenvalue weighted by molar-refractivity contribution is 5.73. The Bertz CT molecular complexity index is 365. The van der Waals surface area contributed by atoms with E-state index in [-0.39, 0.29) is 6.03 Å². The number of aliphatic hydroxyl groups is 1. The molecule has 5 nitrogen and oxygen atoms in total. The average Bonchev–Trinajstić information content (AvgIpc) is 3.23. The highest BCUT2D eigenvalue weighted by atomic mass is 16.3. The molecule has 3 fully saturated rings. The minimum absolute atomic E-state index is 0.126. The lowest BCUT2D eigenvalue weighted by Crippen LogP contribution is -2.48. The van der Waals surface area contributed by atoms with Gasteiger partial charge < -0.3 is 20.6 Å². The largest absolute Gasteiger partial charge is 0.388 e. The SMILES string of the molecule is O=C(NCC1CCN(C2CC2)C1)NCC1(O)CCCCC1. The van der Waals surface area contributed by atoms with Gasteiger partial charge in [0.05, 0.1) is 5.60 Å². The number of amides is 2. The molecule has 1 saturated heterocycles. The van der Waals surface area contributed by atoms with Crippen LogP contribution in [0.4, 0.5) is 4.79 Å². The summed E-state index contributed by atoms with van der Waals surface area (Å²) in [6, 6.07) is 0.711. The van der Waals surface area contributed by atoms with Crippen LogP contribution in [0.1, 0.15) is 51.4 Å². The summed E-state index contributed by atoms with van der Waals surface area (Å²) in [6.45, 7) is 3.47. The van der Waals surface area contributed by atoms with Crippen LogP contribution in [-0.2, 0) is 0 Å². The number of nitrogens with one attached hydrogen (secondary N) is 2. The van der Waals surface area contributed by atoms with E-state index < -0.39 is 5.60 Å². The monoisotopic (exact) mass is 295 g/mol. The van der Waals surface area contributed by atoms with Gasteiger partial charge in [-0.3, -0.25) is 0 Å². The lowest BCUT2D eigenvalue weighted by atomic mass is 9.85. The molecular formula is C16H29N3O2. The van der Waals surface area contributed by atoms with E-state index in [0.717, 1.165) is 44.8 Å². The summed E-state index contributed by atoms with van der Waals surface area (Å²) in [7, 11) is 0. The Morgan fingerprint density at radius 1 is 1.14 bits per heavy atom. The van der Waals surface area contributed by atoms with Crippen molar-refractivity contribution in [3.05, 3.63) is 0 Å².